The highest BCUT2D eigenvalue weighted by molar-refractivity contribution is 7.98. The van der Waals surface area contributed by atoms with Gasteiger partial charge in [-0.25, -0.2) is 8.78 Å². The molecule has 0 saturated carbocycles. The molecule has 0 aliphatic rings. The van der Waals surface area contributed by atoms with Gasteiger partial charge in [-0.2, -0.15) is 0 Å². The number of halogens is 2. The van der Waals surface area contributed by atoms with Gasteiger partial charge in [0.2, 0.25) is 0 Å². The standard InChI is InChI=1S/C8H7F2NOS/c1-11-5-3-4(9)7(12)6(10)8(5)13-2/h3,12H,1H2,2H3. The zero-order chi connectivity index (χ0) is 10.0. The first kappa shape index (κ1) is 9.98. The molecule has 0 unspecified atom stereocenters. The van der Waals surface area contributed by atoms with Crippen molar-refractivity contribution in [2.24, 2.45) is 4.99 Å². The lowest BCUT2D eigenvalue weighted by Gasteiger charge is -2.05. The van der Waals surface area contributed by atoms with Crippen LogP contribution in [0.3, 0.4) is 0 Å². The van der Waals surface area contributed by atoms with Gasteiger partial charge in [0.15, 0.2) is 17.4 Å². The molecule has 1 rings (SSSR count). The lowest BCUT2D eigenvalue weighted by molar-refractivity contribution is 0.390. The number of nitrogens with zero attached hydrogens (tertiary/aromatic N) is 1. The number of benzene rings is 1. The monoisotopic (exact) mass is 203 g/mol. The molecule has 2 nitrogen and oxygen atoms in total. The molecule has 1 aromatic carbocycles. The maximum Gasteiger partial charge on any atom is 0.189 e. The fraction of sp³-hybridized carbons (Fsp3) is 0.125. The van der Waals surface area contributed by atoms with E-state index in [4.69, 9.17) is 5.11 Å². The minimum absolute atomic E-state index is 0.0916. The summed E-state index contributed by atoms with van der Waals surface area (Å²) in [5.41, 5.74) is 0.0975. The number of aromatic hydroxyl groups is 1. The van der Waals surface area contributed by atoms with Crippen LogP contribution in [0.4, 0.5) is 14.5 Å². The Kier molecular flexibility index (Phi) is 2.87. The molecule has 0 saturated heterocycles. The van der Waals surface area contributed by atoms with E-state index >= 15 is 0 Å². The number of hydrogen-bond acceptors (Lipinski definition) is 3. The summed E-state index contributed by atoms with van der Waals surface area (Å²) in [6.07, 6.45) is 1.60. The Bertz CT molecular complexity index is 354. The van der Waals surface area contributed by atoms with Crippen LogP contribution in [0.1, 0.15) is 0 Å². The van der Waals surface area contributed by atoms with Gasteiger partial charge >= 0.3 is 0 Å². The molecule has 1 N–H and O–H groups in total. The Labute approximate surface area is 78.3 Å². The van der Waals surface area contributed by atoms with E-state index in [1.54, 1.807) is 6.26 Å². The number of phenols is 1. The predicted molar refractivity (Wildman–Crippen MR) is 49.0 cm³/mol. The van der Waals surface area contributed by atoms with Crippen molar-refractivity contribution in [2.45, 2.75) is 4.90 Å². The maximum absolute atomic E-state index is 13.1. The van der Waals surface area contributed by atoms with Crippen LogP contribution in [0, 0.1) is 11.6 Å². The zero-order valence-electron chi connectivity index (χ0n) is 6.84. The Hall–Kier alpha value is -1.10. The average molecular weight is 203 g/mol. The molecule has 0 aliphatic carbocycles. The second-order valence-corrected chi connectivity index (χ2v) is 3.05. The first-order valence-corrected chi connectivity index (χ1v) is 4.56. The molecule has 0 aromatic heterocycles. The molecule has 0 spiro atoms. The van der Waals surface area contributed by atoms with E-state index in [-0.39, 0.29) is 10.6 Å². The molecule has 5 heteroatoms. The molecule has 0 radical (unpaired) electrons. The van der Waals surface area contributed by atoms with Gasteiger partial charge in [0.1, 0.15) is 0 Å². The van der Waals surface area contributed by atoms with Gasteiger partial charge in [0, 0.05) is 6.07 Å². The van der Waals surface area contributed by atoms with Crippen molar-refractivity contribution < 1.29 is 13.9 Å². The van der Waals surface area contributed by atoms with Gasteiger partial charge < -0.3 is 5.11 Å². The summed E-state index contributed by atoms with van der Waals surface area (Å²) in [4.78, 5) is 3.53. The van der Waals surface area contributed by atoms with Gasteiger partial charge in [-0.3, -0.25) is 4.99 Å². The molecule has 70 valence electrons. The van der Waals surface area contributed by atoms with Crippen LogP contribution in [0.15, 0.2) is 16.0 Å². The zero-order valence-corrected chi connectivity index (χ0v) is 7.66. The topological polar surface area (TPSA) is 32.6 Å². The average Bonchev–Trinajstić information content (AvgIpc) is 2.13. The lowest BCUT2D eigenvalue weighted by Crippen LogP contribution is -1.87. The first-order chi connectivity index (χ1) is 6.11. The van der Waals surface area contributed by atoms with E-state index in [1.165, 1.54) is 0 Å². The van der Waals surface area contributed by atoms with E-state index in [1.807, 2.05) is 0 Å². The third kappa shape index (κ3) is 1.65. The van der Waals surface area contributed by atoms with E-state index in [9.17, 15) is 8.78 Å². The third-order valence-electron chi connectivity index (χ3n) is 1.50. The Morgan fingerprint density at radius 1 is 1.54 bits per heavy atom. The number of phenolic OH excluding ortho intramolecular Hbond substituents is 1. The highest BCUT2D eigenvalue weighted by atomic mass is 32.2. The highest BCUT2D eigenvalue weighted by Gasteiger charge is 2.16. The molecule has 0 atom stereocenters. The summed E-state index contributed by atoms with van der Waals surface area (Å²) in [6.45, 7) is 3.17. The second-order valence-electron chi connectivity index (χ2n) is 2.23. The molecule has 1 aromatic rings. The molecular weight excluding hydrogens is 196 g/mol. The summed E-state index contributed by atoms with van der Waals surface area (Å²) < 4.78 is 25.9. The van der Waals surface area contributed by atoms with Gasteiger partial charge in [-0.05, 0) is 13.0 Å². The molecular formula is C8H7F2NOS. The summed E-state index contributed by atoms with van der Waals surface area (Å²) >= 11 is 1.03. The lowest BCUT2D eigenvalue weighted by atomic mass is 10.3. The van der Waals surface area contributed by atoms with Crippen LogP contribution in [0.25, 0.3) is 0 Å². The first-order valence-electron chi connectivity index (χ1n) is 3.33. The van der Waals surface area contributed by atoms with Crippen molar-refractivity contribution in [2.75, 3.05) is 6.26 Å². The van der Waals surface area contributed by atoms with Crippen molar-refractivity contribution in [1.82, 2.24) is 0 Å². The Morgan fingerprint density at radius 3 is 2.62 bits per heavy atom. The number of aliphatic imine (C=N–C) groups is 1. The smallest absolute Gasteiger partial charge is 0.189 e. The second kappa shape index (κ2) is 3.74. The van der Waals surface area contributed by atoms with Crippen LogP contribution in [-0.4, -0.2) is 18.1 Å². The molecule has 0 heterocycles. The van der Waals surface area contributed by atoms with Crippen LogP contribution in [0.2, 0.25) is 0 Å². The fourth-order valence-electron chi connectivity index (χ4n) is 0.890. The van der Waals surface area contributed by atoms with E-state index in [0.29, 0.717) is 0 Å². The van der Waals surface area contributed by atoms with Gasteiger partial charge in [0.25, 0.3) is 0 Å². The predicted octanol–water partition coefficient (Wildman–Crippen LogP) is 2.72. The number of thioether (sulfide) groups is 1. The minimum Gasteiger partial charge on any atom is -0.503 e. The van der Waals surface area contributed by atoms with E-state index in [2.05, 4.69) is 11.7 Å². The van der Waals surface area contributed by atoms with Crippen molar-refractivity contribution >= 4 is 24.2 Å². The van der Waals surface area contributed by atoms with Crippen LogP contribution in [0.5, 0.6) is 5.75 Å². The minimum atomic E-state index is -1.03. The van der Waals surface area contributed by atoms with Crippen LogP contribution in [-0.2, 0) is 0 Å². The van der Waals surface area contributed by atoms with Crippen molar-refractivity contribution in [3.05, 3.63) is 17.7 Å². The third-order valence-corrected chi connectivity index (χ3v) is 2.30. The molecule has 0 bridgehead atoms. The molecule has 0 aliphatic heterocycles. The summed E-state index contributed by atoms with van der Waals surface area (Å²) in [6, 6.07) is 0.942. The molecule has 0 fully saturated rings. The largest absolute Gasteiger partial charge is 0.503 e. The summed E-state index contributed by atoms with van der Waals surface area (Å²) in [7, 11) is 0. The Morgan fingerprint density at radius 2 is 2.15 bits per heavy atom. The van der Waals surface area contributed by atoms with Gasteiger partial charge in [-0.1, -0.05) is 0 Å². The van der Waals surface area contributed by atoms with Crippen molar-refractivity contribution in [3.8, 4) is 5.75 Å². The van der Waals surface area contributed by atoms with Crippen LogP contribution < -0.4 is 0 Å². The molecule has 0 amide bonds. The van der Waals surface area contributed by atoms with Crippen LogP contribution >= 0.6 is 11.8 Å². The van der Waals surface area contributed by atoms with E-state index < -0.39 is 17.4 Å². The SMILES string of the molecule is C=Nc1cc(F)c(O)c(F)c1SC. The van der Waals surface area contributed by atoms with Gasteiger partial charge in [0.05, 0.1) is 10.6 Å². The fourth-order valence-corrected chi connectivity index (χ4v) is 1.50. The quantitative estimate of drug-likeness (QED) is 0.592. The molecule has 13 heavy (non-hydrogen) atoms. The highest BCUT2D eigenvalue weighted by Crippen LogP contribution is 2.36. The number of hydrogen-bond donors (Lipinski definition) is 1. The summed E-state index contributed by atoms with van der Waals surface area (Å²) in [5, 5.41) is 8.91. The Balaban J connectivity index is 3.47. The van der Waals surface area contributed by atoms with Crippen molar-refractivity contribution in [1.29, 1.82) is 0 Å². The maximum atomic E-state index is 13.1. The number of rotatable bonds is 2. The summed E-state index contributed by atoms with van der Waals surface area (Å²) in [5.74, 6) is -3.00. The van der Waals surface area contributed by atoms with Crippen molar-refractivity contribution in [3.63, 3.8) is 0 Å². The van der Waals surface area contributed by atoms with Gasteiger partial charge in [-0.15, -0.1) is 11.8 Å². The normalized spacial score (nSPS) is 10.1. The van der Waals surface area contributed by atoms with E-state index in [0.717, 1.165) is 17.8 Å².